The van der Waals surface area contributed by atoms with Gasteiger partial charge in [0, 0.05) is 6.54 Å². The maximum atomic E-state index is 10.4. The first-order valence-corrected chi connectivity index (χ1v) is 2.99. The largest absolute Gasteiger partial charge is 0.366 e. The zero-order valence-electron chi connectivity index (χ0n) is 6.03. The molecule has 0 aliphatic carbocycles. The van der Waals surface area contributed by atoms with Crippen LogP contribution in [0.25, 0.3) is 0 Å². The Morgan fingerprint density at radius 2 is 2.10 bits per heavy atom. The van der Waals surface area contributed by atoms with E-state index in [4.69, 9.17) is 10.4 Å². The normalized spacial score (nSPS) is 9.70. The molecule has 0 aliphatic rings. The molecule has 0 fully saturated rings. The van der Waals surface area contributed by atoms with E-state index in [-0.39, 0.29) is 0 Å². The van der Waals surface area contributed by atoms with Crippen molar-refractivity contribution in [3.8, 4) is 0 Å². The lowest BCUT2D eigenvalue weighted by molar-refractivity contribution is -0.258. The predicted octanol–water partition coefficient (Wildman–Crippen LogP) is 0.432. The van der Waals surface area contributed by atoms with Gasteiger partial charge in [-0.15, -0.1) is 0 Å². The van der Waals surface area contributed by atoms with Crippen LogP contribution in [0.1, 0.15) is 13.8 Å². The van der Waals surface area contributed by atoms with E-state index in [1.165, 1.54) is 0 Å². The number of carbonyl (C=O) groups excluding carboxylic acids is 1. The smallest absolute Gasteiger partial charge is 0.334 e. The molecular weight excluding hydrogens is 136 g/mol. The molecule has 0 aliphatic heterocycles. The van der Waals surface area contributed by atoms with Gasteiger partial charge in [0.05, 0.1) is 0 Å². The molecule has 10 heavy (non-hydrogen) atoms. The molecule has 0 unspecified atom stereocenters. The quantitative estimate of drug-likeness (QED) is 0.393. The highest BCUT2D eigenvalue weighted by atomic mass is 16.8. The van der Waals surface area contributed by atoms with Gasteiger partial charge in [-0.25, -0.2) is 4.79 Å². The molecule has 0 spiro atoms. The van der Waals surface area contributed by atoms with E-state index in [1.807, 2.05) is 13.8 Å². The Morgan fingerprint density at radius 1 is 1.60 bits per heavy atom. The van der Waals surface area contributed by atoms with Crippen LogP contribution in [-0.4, -0.2) is 28.2 Å². The van der Waals surface area contributed by atoms with Crippen LogP contribution in [0, 0.1) is 5.92 Å². The van der Waals surface area contributed by atoms with Gasteiger partial charge in [0.2, 0.25) is 0 Å². The van der Waals surface area contributed by atoms with Gasteiger partial charge in [0.1, 0.15) is 0 Å². The Bertz CT molecular complexity index is 113. The number of rotatable bonds is 2. The topological polar surface area (TPSA) is 72.8 Å². The zero-order valence-corrected chi connectivity index (χ0v) is 6.03. The number of carbonyl (C=O) groups is 1. The molecule has 0 saturated heterocycles. The maximum Gasteiger partial charge on any atom is 0.366 e. The van der Waals surface area contributed by atoms with Crippen molar-refractivity contribution in [1.29, 1.82) is 0 Å². The van der Waals surface area contributed by atoms with E-state index in [9.17, 15) is 4.79 Å². The molecular formula is C5H12N2O3. The van der Waals surface area contributed by atoms with Crippen LogP contribution in [0.5, 0.6) is 0 Å². The summed E-state index contributed by atoms with van der Waals surface area (Å²) in [6.45, 7) is 4.23. The molecule has 0 radical (unpaired) electrons. The van der Waals surface area contributed by atoms with Crippen molar-refractivity contribution in [3.05, 3.63) is 0 Å². The van der Waals surface area contributed by atoms with Gasteiger partial charge in [0.15, 0.2) is 0 Å². The molecule has 0 rings (SSSR count). The maximum absolute atomic E-state index is 10.4. The average molecular weight is 148 g/mol. The molecule has 0 aromatic heterocycles. The molecule has 0 heterocycles. The van der Waals surface area contributed by atoms with Crippen molar-refractivity contribution >= 4 is 6.03 Å². The SMILES string of the molecule is CC(C)CNC(=O)N(O)O. The number of hydroxylamine groups is 2. The third-order valence-corrected chi connectivity index (χ3v) is 0.843. The van der Waals surface area contributed by atoms with Crippen LogP contribution < -0.4 is 5.32 Å². The standard InChI is InChI=1S/C5H12N2O3/c1-4(2)3-6-5(8)7(9)10/h4,9-10H,3H2,1-2H3,(H,6,8). The Hall–Kier alpha value is -0.810. The predicted molar refractivity (Wildman–Crippen MR) is 33.6 cm³/mol. The summed E-state index contributed by atoms with van der Waals surface area (Å²) in [4.78, 5) is 10.4. The molecule has 60 valence electrons. The summed E-state index contributed by atoms with van der Waals surface area (Å²) in [5.74, 6) is 0.295. The fraction of sp³-hybridized carbons (Fsp3) is 0.800. The third kappa shape index (κ3) is 4.11. The third-order valence-electron chi connectivity index (χ3n) is 0.843. The number of amides is 2. The van der Waals surface area contributed by atoms with E-state index in [0.29, 0.717) is 12.5 Å². The van der Waals surface area contributed by atoms with E-state index in [0.717, 1.165) is 0 Å². The minimum Gasteiger partial charge on any atom is -0.334 e. The first kappa shape index (κ1) is 9.19. The highest BCUT2D eigenvalue weighted by Gasteiger charge is 2.05. The summed E-state index contributed by atoms with van der Waals surface area (Å²) in [6.07, 6.45) is 0. The van der Waals surface area contributed by atoms with Crippen molar-refractivity contribution in [2.75, 3.05) is 6.54 Å². The number of urea groups is 1. The van der Waals surface area contributed by atoms with Gasteiger partial charge >= 0.3 is 6.03 Å². The van der Waals surface area contributed by atoms with E-state index in [2.05, 4.69) is 5.32 Å². The number of nitrogens with zero attached hydrogens (tertiary/aromatic N) is 1. The molecule has 2 amide bonds. The lowest BCUT2D eigenvalue weighted by atomic mass is 10.2. The summed E-state index contributed by atoms with van der Waals surface area (Å²) < 4.78 is 0. The number of hydrogen-bond acceptors (Lipinski definition) is 3. The van der Waals surface area contributed by atoms with E-state index in [1.54, 1.807) is 0 Å². The van der Waals surface area contributed by atoms with Crippen LogP contribution in [0.4, 0.5) is 4.79 Å². The Balaban J connectivity index is 3.40. The van der Waals surface area contributed by atoms with Crippen LogP contribution in [0.15, 0.2) is 0 Å². The molecule has 0 aromatic rings. The van der Waals surface area contributed by atoms with Gasteiger partial charge in [0.25, 0.3) is 0 Å². The van der Waals surface area contributed by atoms with Gasteiger partial charge in [-0.2, -0.15) is 0 Å². The fourth-order valence-corrected chi connectivity index (χ4v) is 0.362. The van der Waals surface area contributed by atoms with Crippen LogP contribution >= 0.6 is 0 Å². The molecule has 5 nitrogen and oxygen atoms in total. The second-order valence-electron chi connectivity index (χ2n) is 2.37. The minimum atomic E-state index is -0.909. The van der Waals surface area contributed by atoms with Crippen molar-refractivity contribution in [2.45, 2.75) is 13.8 Å². The Labute approximate surface area is 59.2 Å². The molecule has 0 atom stereocenters. The first-order chi connectivity index (χ1) is 4.54. The highest BCUT2D eigenvalue weighted by Crippen LogP contribution is 1.87. The average Bonchev–Trinajstić information content (AvgIpc) is 1.82. The van der Waals surface area contributed by atoms with Gasteiger partial charge in [-0.3, -0.25) is 10.4 Å². The van der Waals surface area contributed by atoms with Gasteiger partial charge < -0.3 is 5.32 Å². The summed E-state index contributed by atoms with van der Waals surface area (Å²) in [6, 6.07) is -0.909. The van der Waals surface area contributed by atoms with Crippen LogP contribution in [0.3, 0.4) is 0 Å². The Morgan fingerprint density at radius 3 is 2.40 bits per heavy atom. The summed E-state index contributed by atoms with van der Waals surface area (Å²) in [5.41, 5.74) is 0. The summed E-state index contributed by atoms with van der Waals surface area (Å²) in [5, 5.41) is 18.0. The van der Waals surface area contributed by atoms with Crippen molar-refractivity contribution < 1.29 is 15.2 Å². The van der Waals surface area contributed by atoms with Gasteiger partial charge in [-0.05, 0) is 5.92 Å². The second-order valence-corrected chi connectivity index (χ2v) is 2.37. The molecule has 0 aromatic carbocycles. The Kier molecular flexibility index (Phi) is 3.75. The first-order valence-electron chi connectivity index (χ1n) is 2.99. The lowest BCUT2D eigenvalue weighted by Gasteiger charge is -2.09. The fourth-order valence-electron chi connectivity index (χ4n) is 0.362. The highest BCUT2D eigenvalue weighted by molar-refractivity contribution is 5.71. The molecule has 3 N–H and O–H groups in total. The lowest BCUT2D eigenvalue weighted by Crippen LogP contribution is -2.37. The zero-order chi connectivity index (χ0) is 8.15. The summed E-state index contributed by atoms with van der Waals surface area (Å²) >= 11 is 0. The molecule has 0 bridgehead atoms. The van der Waals surface area contributed by atoms with E-state index >= 15 is 0 Å². The van der Waals surface area contributed by atoms with Crippen LogP contribution in [0.2, 0.25) is 0 Å². The number of nitrogens with one attached hydrogen (secondary N) is 1. The van der Waals surface area contributed by atoms with Gasteiger partial charge in [-0.1, -0.05) is 19.1 Å². The molecule has 0 saturated carbocycles. The monoisotopic (exact) mass is 148 g/mol. The molecule has 5 heteroatoms. The number of hydrogen-bond donors (Lipinski definition) is 3. The van der Waals surface area contributed by atoms with Crippen molar-refractivity contribution in [3.63, 3.8) is 0 Å². The van der Waals surface area contributed by atoms with Crippen LogP contribution in [-0.2, 0) is 0 Å². The van der Waals surface area contributed by atoms with E-state index < -0.39 is 11.3 Å². The van der Waals surface area contributed by atoms with Crippen molar-refractivity contribution in [2.24, 2.45) is 5.92 Å². The second kappa shape index (κ2) is 4.08. The van der Waals surface area contributed by atoms with Crippen molar-refractivity contribution in [1.82, 2.24) is 10.5 Å². The summed E-state index contributed by atoms with van der Waals surface area (Å²) in [7, 11) is 0. The minimum absolute atomic E-state index is 0.295.